The van der Waals surface area contributed by atoms with Crippen LogP contribution in [0, 0.1) is 5.92 Å². The zero-order chi connectivity index (χ0) is 94.9. The topological polar surface area (TPSA) is 641 Å². The van der Waals surface area contributed by atoms with Crippen LogP contribution in [0.4, 0.5) is 0 Å². The second kappa shape index (κ2) is 48.6. The quantitative estimate of drug-likeness (QED) is 0.0359. The van der Waals surface area contributed by atoms with Crippen molar-refractivity contribution < 1.29 is 102 Å². The number of Topliss-reactive ketones (excluding diaryl/α,β-unsaturated/α-hetero) is 1. The number of nitrogens with one attached hydrogen (secondary N) is 12. The highest BCUT2D eigenvalue weighted by molar-refractivity contribution is 8.00. The number of nitrogens with zero attached hydrogens (tertiary/aromatic N) is 8. The first kappa shape index (κ1) is 102. The van der Waals surface area contributed by atoms with Gasteiger partial charge >= 0.3 is 5.97 Å². The van der Waals surface area contributed by atoms with Gasteiger partial charge in [-0.3, -0.25) is 81.5 Å². The highest BCUT2D eigenvalue weighted by atomic mass is 32.2. The molecular formula is C87H116N22O21S2. The van der Waals surface area contributed by atoms with E-state index in [9.17, 15) is 68.4 Å². The third kappa shape index (κ3) is 27.6. The number of carboxylic acid groups (broad SMARTS) is 1. The van der Waals surface area contributed by atoms with Gasteiger partial charge < -0.3 is 110 Å². The number of para-hydroxylation sites is 1. The molecule has 712 valence electrons. The standard InChI is InChI=1S/C86H112N22O21S2.CH4/c1-6-8-17-57-84(127)105(5)65(19-9-7-2)82(125)93-45(3)75(118)101-64(78(121)91-38-71(88)114)42-130-43-72(115)94-59(29-47-22-24-52(110)25-23-47)74-102-103-104-108(74)46(4)76(119)99-62(35-73(116)117)86(129)106-28-14-20-66(106)83(126)98-61(33-51-37-89-44-92-51)80(123)96-58(26-27-70(87)113)85(128)107-39-53(111)34-67(107)68(112)32-48(30-49-36-90-56-18-12-10-15-54(49)56)77(120)100-63(40-109)81(124)97-60(79(122)95-57)31-50-41-131-69-21-13-11-16-55(50)69;/h10-13,15-16,18,21-25,36-37,41,44-46,48,53,57-67,90,109-111H,6-9,14,17,19-20,26-35,38-40,42-43H2,1-5H3,(H2,87,113)(H2,88,114)(H,89,92)(H,91,121)(H,93,125)(H,94,115)(H,95,122)(H,96,123)(H,97,124)(H,98,126)(H,99,119)(H,100,120)(H,101,118)(H,116,117);1H4/t45-,46-,48+,53+,57-,58-,59-,60-,61-,62-,63-,64-,65-,66-,67-;/m0./s1. The summed E-state index contributed by atoms with van der Waals surface area (Å²) in [5.41, 5.74) is 13.4. The van der Waals surface area contributed by atoms with Crippen LogP contribution >= 0.6 is 23.1 Å². The number of ketones is 1. The number of primary amides is 2. The van der Waals surface area contributed by atoms with Crippen LogP contribution in [0.2, 0.25) is 0 Å². The predicted octanol–water partition coefficient (Wildman–Crippen LogP) is -1.16. The van der Waals surface area contributed by atoms with E-state index in [0.717, 1.165) is 35.8 Å². The molecule has 10 rings (SSSR count). The Labute approximate surface area is 767 Å². The number of H-pyrrole nitrogens is 2. The molecule has 43 nitrogen and oxygen atoms in total. The van der Waals surface area contributed by atoms with Crippen LogP contribution in [-0.2, 0) is 107 Å². The summed E-state index contributed by atoms with van der Waals surface area (Å²) in [6.07, 6.45) is 0.416. The van der Waals surface area contributed by atoms with Crippen molar-refractivity contribution in [3.05, 3.63) is 125 Å². The second-order valence-corrected chi connectivity index (χ2v) is 34.7. The number of imidazole rings is 1. The number of aromatic nitrogens is 7. The number of hydrogen-bond donors (Lipinski definition) is 18. The smallest absolute Gasteiger partial charge is 0.305 e. The average Bonchev–Trinajstić information content (AvgIpc) is 1.66. The number of nitrogens with two attached hydrogens (primary N) is 2. The molecule has 2 saturated heterocycles. The molecule has 7 heterocycles. The van der Waals surface area contributed by atoms with E-state index < -0.39 is 255 Å². The number of hydrogen-bond acceptors (Lipinski definition) is 26. The SMILES string of the molecule is C.CCCC[C@@H]1NC(=O)[C@H](Cc2csc3ccccc23)NC(=O)[C@H](CO)NC(=O)[C@H](Cc2c[nH]c3ccccc23)CC(=O)[C@@H]2C[C@@H](O)CN2C(=O)[C@H](CCC(N)=O)NC(=O)[C@H](Cc2c[nH]cn2)NC(=O)[C@@H]2CCCN2C(=O)[C@H](CC(=O)O)NC(=O)[C@H](C)n2nnnc2[C@H](Cc2ccc(O)cc2)NC(=O)CSC[C@@H](C(=O)NCC(N)=O)NC(=O)[C@H](C)NC(=O)[C@H](CCCC)N(C)C1=O. The fourth-order valence-corrected chi connectivity index (χ4v) is 17.8. The number of carbonyl (C=O) groups excluding carboxylic acids is 16. The van der Waals surface area contributed by atoms with Crippen LogP contribution in [0.3, 0.4) is 0 Å². The van der Waals surface area contributed by atoms with Gasteiger partial charge in [-0.15, -0.1) is 28.2 Å². The van der Waals surface area contributed by atoms with E-state index in [1.165, 1.54) is 69.0 Å². The molecule has 15 amide bonds. The average molecular weight is 1870 g/mol. The van der Waals surface area contributed by atoms with Crippen molar-refractivity contribution in [3.8, 4) is 5.75 Å². The first-order chi connectivity index (χ1) is 62.6. The number of phenolic OH excluding ortho intramolecular Hbond substituents is 1. The molecule has 15 atom stereocenters. The van der Waals surface area contributed by atoms with Gasteiger partial charge in [0.25, 0.3) is 0 Å². The Morgan fingerprint density at radius 1 is 0.629 bits per heavy atom. The third-order valence-electron chi connectivity index (χ3n) is 23.1. The van der Waals surface area contributed by atoms with Gasteiger partial charge in [0.2, 0.25) is 88.6 Å². The van der Waals surface area contributed by atoms with Gasteiger partial charge in [-0.05, 0) is 115 Å². The Hall–Kier alpha value is -13.3. The van der Waals surface area contributed by atoms with Crippen molar-refractivity contribution in [2.75, 3.05) is 44.8 Å². The number of carboxylic acids is 1. The Morgan fingerprint density at radius 2 is 1.27 bits per heavy atom. The number of likely N-dealkylation sites (N-methyl/N-ethyl adjacent to an activating group) is 1. The van der Waals surface area contributed by atoms with E-state index in [0.29, 0.717) is 58.7 Å². The van der Waals surface area contributed by atoms with Crippen LogP contribution in [0.1, 0.15) is 159 Å². The van der Waals surface area contributed by atoms with E-state index in [4.69, 9.17) is 11.5 Å². The number of aliphatic hydroxyl groups is 2. The van der Waals surface area contributed by atoms with Crippen molar-refractivity contribution in [2.45, 2.75) is 229 Å². The molecule has 132 heavy (non-hydrogen) atoms. The number of aromatic hydroxyl groups is 1. The van der Waals surface area contributed by atoms with Gasteiger partial charge in [0.15, 0.2) is 11.6 Å². The Balaban J connectivity index is 0.0000196. The number of tetrazole rings is 1. The third-order valence-corrected chi connectivity index (χ3v) is 25.1. The van der Waals surface area contributed by atoms with Crippen LogP contribution in [0.25, 0.3) is 21.0 Å². The van der Waals surface area contributed by atoms with Crippen molar-refractivity contribution in [1.82, 2.24) is 103 Å². The fourth-order valence-electron chi connectivity index (χ4n) is 16.0. The van der Waals surface area contributed by atoms with Gasteiger partial charge in [-0.1, -0.05) is 95.5 Å². The largest absolute Gasteiger partial charge is 0.508 e. The summed E-state index contributed by atoms with van der Waals surface area (Å²) in [5.74, 6) is -19.3. The normalized spacial score (nSPS) is 24.7. The lowest BCUT2D eigenvalue weighted by molar-refractivity contribution is -0.146. The lowest BCUT2D eigenvalue weighted by Crippen LogP contribution is -2.60. The number of aromatic amines is 2. The van der Waals surface area contributed by atoms with Gasteiger partial charge in [-0.2, -0.15) is 0 Å². The molecule has 45 heteroatoms. The van der Waals surface area contributed by atoms with Gasteiger partial charge in [0, 0.05) is 98.3 Å². The Bertz CT molecular complexity index is 5280. The fraction of sp³-hybridized carbons (Fsp3) is 0.506. The molecule has 3 aromatic carbocycles. The summed E-state index contributed by atoms with van der Waals surface area (Å²) in [6, 6.07) is -0.293. The number of phenols is 1. The molecule has 0 aliphatic carbocycles. The summed E-state index contributed by atoms with van der Waals surface area (Å²) in [6.45, 7) is 3.76. The van der Waals surface area contributed by atoms with E-state index >= 15 is 33.6 Å². The summed E-state index contributed by atoms with van der Waals surface area (Å²) in [4.78, 5) is 258. The van der Waals surface area contributed by atoms with Gasteiger partial charge in [0.1, 0.15) is 72.2 Å². The minimum atomic E-state index is -1.91. The molecule has 2 fully saturated rings. The number of rotatable bonds is 23. The predicted molar refractivity (Wildman–Crippen MR) is 480 cm³/mol. The molecule has 0 unspecified atom stereocenters. The van der Waals surface area contributed by atoms with Crippen LogP contribution in [-0.4, -0.2) is 288 Å². The van der Waals surface area contributed by atoms with Crippen LogP contribution in [0.5, 0.6) is 5.75 Å². The van der Waals surface area contributed by atoms with Crippen molar-refractivity contribution in [2.24, 2.45) is 17.4 Å². The number of aliphatic carboxylic acids is 1. The Kier molecular flexibility index (Phi) is 37.7. The zero-order valence-electron chi connectivity index (χ0n) is 72.9. The molecule has 0 radical (unpaired) electrons. The molecule has 4 aromatic heterocycles. The zero-order valence-corrected chi connectivity index (χ0v) is 74.6. The number of amides is 15. The van der Waals surface area contributed by atoms with Crippen molar-refractivity contribution >= 4 is 144 Å². The van der Waals surface area contributed by atoms with E-state index in [-0.39, 0.29) is 81.9 Å². The molecule has 20 N–H and O–H groups in total. The van der Waals surface area contributed by atoms with Gasteiger partial charge in [0.05, 0.1) is 55.5 Å². The minimum Gasteiger partial charge on any atom is -0.508 e. The highest BCUT2D eigenvalue weighted by Crippen LogP contribution is 2.31. The maximum atomic E-state index is 15.3. The van der Waals surface area contributed by atoms with E-state index in [1.807, 2.05) is 26.0 Å². The highest BCUT2D eigenvalue weighted by Gasteiger charge is 2.46. The molecular weight excluding hydrogens is 1750 g/mol. The molecule has 3 aliphatic heterocycles. The number of unbranched alkanes of at least 4 members (excludes halogenated alkanes) is 2. The molecule has 7 aromatic rings. The summed E-state index contributed by atoms with van der Waals surface area (Å²) in [7, 11) is 1.34. The number of thioether (sulfide) groups is 1. The van der Waals surface area contributed by atoms with Crippen LogP contribution in [0.15, 0.2) is 96.9 Å². The number of aliphatic hydroxyl groups excluding tert-OH is 2. The molecule has 3 aliphatic rings. The summed E-state index contributed by atoms with van der Waals surface area (Å²) < 4.78 is 1.80. The maximum absolute atomic E-state index is 15.3. The summed E-state index contributed by atoms with van der Waals surface area (Å²) >= 11 is 2.15. The minimum absolute atomic E-state index is 0. The van der Waals surface area contributed by atoms with E-state index in [1.54, 1.807) is 48.0 Å². The first-order valence-electron chi connectivity index (χ1n) is 43.2. The number of carbonyl (C=O) groups is 17. The second-order valence-electron chi connectivity index (χ2n) is 32.8. The lowest BCUT2D eigenvalue weighted by atomic mass is 9.90. The summed E-state index contributed by atoms with van der Waals surface area (Å²) in [5, 5.41) is 84.4. The van der Waals surface area contributed by atoms with E-state index in [2.05, 4.69) is 83.6 Å². The molecule has 0 saturated carbocycles. The Morgan fingerprint density at radius 3 is 1.95 bits per heavy atom. The van der Waals surface area contributed by atoms with Gasteiger partial charge in [-0.25, -0.2) is 9.67 Å². The molecule has 0 spiro atoms. The van der Waals surface area contributed by atoms with Crippen LogP contribution < -0.4 is 64.6 Å². The maximum Gasteiger partial charge on any atom is 0.305 e. The molecule has 0 bridgehead atoms. The van der Waals surface area contributed by atoms with Crippen molar-refractivity contribution in [3.63, 3.8) is 0 Å². The first-order valence-corrected chi connectivity index (χ1v) is 45.3. The van der Waals surface area contributed by atoms with Crippen molar-refractivity contribution in [1.29, 1.82) is 0 Å². The lowest BCUT2D eigenvalue weighted by Gasteiger charge is -2.32. The number of fused-ring (bicyclic) bond motifs is 5. The monoisotopic (exact) mass is 1870 g/mol. The number of benzene rings is 3. The number of thiophene rings is 1.